The molecule has 0 spiro atoms. The lowest BCUT2D eigenvalue weighted by Gasteiger charge is -2.41. The van der Waals surface area contributed by atoms with E-state index in [2.05, 4.69) is 44.8 Å². The monoisotopic (exact) mass is 266 g/mol. The van der Waals surface area contributed by atoms with Crippen molar-refractivity contribution in [2.24, 2.45) is 17.3 Å². The molecule has 0 aromatic carbocycles. The van der Waals surface area contributed by atoms with Crippen LogP contribution in [-0.2, 0) is 0 Å². The van der Waals surface area contributed by atoms with Crippen LogP contribution in [0.25, 0.3) is 0 Å². The van der Waals surface area contributed by atoms with Gasteiger partial charge in [0.25, 0.3) is 0 Å². The van der Waals surface area contributed by atoms with E-state index in [1.807, 2.05) is 0 Å². The van der Waals surface area contributed by atoms with Gasteiger partial charge in [0.05, 0.1) is 0 Å². The van der Waals surface area contributed by atoms with Crippen molar-refractivity contribution in [1.82, 2.24) is 10.2 Å². The summed E-state index contributed by atoms with van der Waals surface area (Å²) in [5.41, 5.74) is 0.468. The predicted molar refractivity (Wildman–Crippen MR) is 83.4 cm³/mol. The summed E-state index contributed by atoms with van der Waals surface area (Å²) < 4.78 is 0. The third-order valence-electron chi connectivity index (χ3n) is 4.19. The van der Waals surface area contributed by atoms with Crippen molar-refractivity contribution in [3.8, 4) is 0 Å². The van der Waals surface area contributed by atoms with Gasteiger partial charge >= 0.3 is 0 Å². The molecule has 112 valence electrons. The lowest BCUT2D eigenvalue weighted by Crippen LogP contribution is -2.51. The summed E-state index contributed by atoms with van der Waals surface area (Å²) in [6.45, 7) is 15.7. The van der Waals surface area contributed by atoms with Crippen molar-refractivity contribution in [1.29, 1.82) is 0 Å². The maximum Gasteiger partial charge on any atom is 0.0200 e. The van der Waals surface area contributed by atoms with E-state index in [1.54, 1.807) is 0 Å². The first-order chi connectivity index (χ1) is 8.82. The quantitative estimate of drug-likeness (QED) is 0.819. The van der Waals surface area contributed by atoms with Gasteiger partial charge < -0.3 is 10.2 Å². The molecule has 1 aliphatic carbocycles. The summed E-state index contributed by atoms with van der Waals surface area (Å²) in [5, 5.41) is 3.87. The molecule has 0 bridgehead atoms. The van der Waals surface area contributed by atoms with Crippen LogP contribution < -0.4 is 5.32 Å². The van der Waals surface area contributed by atoms with Crippen molar-refractivity contribution in [2.45, 2.75) is 72.4 Å². The molecule has 1 N–H and O–H groups in total. The summed E-state index contributed by atoms with van der Waals surface area (Å²) in [7, 11) is 0. The molecule has 1 saturated carbocycles. The van der Waals surface area contributed by atoms with Gasteiger partial charge in [0.2, 0.25) is 0 Å². The Kier molecular flexibility index (Phi) is 4.94. The molecule has 2 unspecified atom stereocenters. The zero-order chi connectivity index (χ0) is 14.0. The average Bonchev–Trinajstić information content (AvgIpc) is 2.96. The fourth-order valence-corrected chi connectivity index (χ4v) is 3.69. The van der Waals surface area contributed by atoms with Gasteiger partial charge in [-0.1, -0.05) is 34.6 Å². The fourth-order valence-electron chi connectivity index (χ4n) is 3.69. The molecule has 0 aromatic rings. The zero-order valence-electron chi connectivity index (χ0n) is 13.7. The number of rotatable bonds is 5. The summed E-state index contributed by atoms with van der Waals surface area (Å²) in [6.07, 6.45) is 5.57. The van der Waals surface area contributed by atoms with Crippen LogP contribution in [0.3, 0.4) is 0 Å². The Morgan fingerprint density at radius 3 is 2.32 bits per heavy atom. The molecule has 2 heteroatoms. The Bertz CT molecular complexity index is 263. The number of nitrogens with zero attached hydrogens (tertiary/aromatic N) is 1. The molecule has 2 rings (SSSR count). The van der Waals surface area contributed by atoms with Gasteiger partial charge in [0, 0.05) is 31.7 Å². The minimum Gasteiger partial charge on any atom is -0.310 e. The highest BCUT2D eigenvalue weighted by Crippen LogP contribution is 2.31. The van der Waals surface area contributed by atoms with Crippen molar-refractivity contribution < 1.29 is 0 Å². The number of piperidine rings is 1. The van der Waals surface area contributed by atoms with E-state index in [-0.39, 0.29) is 0 Å². The van der Waals surface area contributed by atoms with Crippen molar-refractivity contribution in [3.05, 3.63) is 0 Å². The van der Waals surface area contributed by atoms with E-state index in [0.29, 0.717) is 5.41 Å². The lowest BCUT2D eigenvalue weighted by atomic mass is 9.80. The fraction of sp³-hybridized carbons (Fsp3) is 1.00. The molecule has 0 amide bonds. The van der Waals surface area contributed by atoms with E-state index in [0.717, 1.165) is 23.9 Å². The van der Waals surface area contributed by atoms with E-state index in [1.165, 1.54) is 45.3 Å². The normalized spacial score (nSPS) is 30.0. The molecule has 19 heavy (non-hydrogen) atoms. The van der Waals surface area contributed by atoms with Gasteiger partial charge in [0.15, 0.2) is 0 Å². The first-order valence-electron chi connectivity index (χ1n) is 8.30. The van der Waals surface area contributed by atoms with Crippen LogP contribution in [0.4, 0.5) is 0 Å². The second-order valence-corrected chi connectivity index (χ2v) is 8.62. The third-order valence-corrected chi connectivity index (χ3v) is 4.19. The number of hydrogen-bond acceptors (Lipinski definition) is 2. The number of likely N-dealkylation sites (tertiary alicyclic amines) is 1. The molecule has 0 aromatic heterocycles. The molecule has 1 heterocycles. The number of hydrogen-bond donors (Lipinski definition) is 1. The van der Waals surface area contributed by atoms with Gasteiger partial charge in [-0.2, -0.15) is 0 Å². The van der Waals surface area contributed by atoms with Gasteiger partial charge in [-0.3, -0.25) is 0 Å². The summed E-state index contributed by atoms with van der Waals surface area (Å²) >= 11 is 0. The zero-order valence-corrected chi connectivity index (χ0v) is 13.7. The average molecular weight is 266 g/mol. The predicted octanol–water partition coefficient (Wildman–Crippen LogP) is 3.52. The van der Waals surface area contributed by atoms with Gasteiger partial charge in [-0.15, -0.1) is 0 Å². The highest BCUT2D eigenvalue weighted by Gasteiger charge is 2.33. The van der Waals surface area contributed by atoms with Crippen molar-refractivity contribution in [3.63, 3.8) is 0 Å². The second kappa shape index (κ2) is 6.13. The maximum absolute atomic E-state index is 3.87. The first kappa shape index (κ1) is 15.3. The van der Waals surface area contributed by atoms with E-state index in [9.17, 15) is 0 Å². The van der Waals surface area contributed by atoms with Crippen molar-refractivity contribution >= 4 is 0 Å². The van der Waals surface area contributed by atoms with E-state index < -0.39 is 0 Å². The van der Waals surface area contributed by atoms with Crippen LogP contribution in [0.2, 0.25) is 0 Å². The van der Waals surface area contributed by atoms with Crippen LogP contribution in [-0.4, -0.2) is 36.6 Å². The van der Waals surface area contributed by atoms with Crippen LogP contribution in [0.1, 0.15) is 60.3 Å². The molecule has 0 radical (unpaired) electrons. The maximum atomic E-state index is 3.87. The molecule has 2 nitrogen and oxygen atoms in total. The minimum atomic E-state index is 0.468. The van der Waals surface area contributed by atoms with E-state index >= 15 is 0 Å². The van der Waals surface area contributed by atoms with Gasteiger partial charge in [-0.25, -0.2) is 0 Å². The van der Waals surface area contributed by atoms with Crippen LogP contribution in [0, 0.1) is 17.3 Å². The molecule has 2 fully saturated rings. The summed E-state index contributed by atoms with van der Waals surface area (Å²) in [6, 6.07) is 1.59. The largest absolute Gasteiger partial charge is 0.310 e. The van der Waals surface area contributed by atoms with Gasteiger partial charge in [0.1, 0.15) is 0 Å². The summed E-state index contributed by atoms with van der Waals surface area (Å²) in [4.78, 5) is 2.71. The van der Waals surface area contributed by atoms with Crippen molar-refractivity contribution in [2.75, 3.05) is 19.6 Å². The second-order valence-electron chi connectivity index (χ2n) is 8.62. The van der Waals surface area contributed by atoms with Gasteiger partial charge in [-0.05, 0) is 42.9 Å². The Morgan fingerprint density at radius 1 is 1.11 bits per heavy atom. The SMILES string of the molecule is CC(C)CN1CC(CC(C)(C)C)CC(NC2CC2)C1. The first-order valence-corrected chi connectivity index (χ1v) is 8.30. The smallest absolute Gasteiger partial charge is 0.0200 e. The molecular weight excluding hydrogens is 232 g/mol. The lowest BCUT2D eigenvalue weighted by molar-refractivity contribution is 0.103. The Morgan fingerprint density at radius 2 is 1.79 bits per heavy atom. The Labute approximate surface area is 120 Å². The molecule has 2 aliphatic rings. The summed E-state index contributed by atoms with van der Waals surface area (Å²) in [5.74, 6) is 1.67. The number of nitrogens with one attached hydrogen (secondary N) is 1. The molecule has 1 aliphatic heterocycles. The molecule has 1 saturated heterocycles. The highest BCUT2D eigenvalue weighted by molar-refractivity contribution is 4.91. The Balaban J connectivity index is 1.90. The standard InChI is InChI=1S/C17H34N2/c1-13(2)10-19-11-14(9-17(3,4)5)8-16(12-19)18-15-6-7-15/h13-16,18H,6-12H2,1-5H3. The molecule has 2 atom stereocenters. The Hall–Kier alpha value is -0.0800. The van der Waals surface area contributed by atoms with Crippen LogP contribution in [0.5, 0.6) is 0 Å². The van der Waals surface area contributed by atoms with Crippen LogP contribution in [0.15, 0.2) is 0 Å². The molecular formula is C17H34N2. The third kappa shape index (κ3) is 5.83. The van der Waals surface area contributed by atoms with E-state index in [4.69, 9.17) is 0 Å². The topological polar surface area (TPSA) is 15.3 Å². The van der Waals surface area contributed by atoms with Crippen LogP contribution >= 0.6 is 0 Å². The minimum absolute atomic E-state index is 0.468. The highest BCUT2D eigenvalue weighted by atomic mass is 15.2.